The van der Waals surface area contributed by atoms with Gasteiger partial charge >= 0.3 is 0 Å². The molecule has 2 aromatic rings. The third kappa shape index (κ3) is 3.09. The van der Waals surface area contributed by atoms with Gasteiger partial charge < -0.3 is 11.1 Å². The SMILES string of the molecule is CC(C)CNC(CN)c1ccc2ccccc2c1. The number of rotatable bonds is 5. The lowest BCUT2D eigenvalue weighted by atomic mass is 10.0. The van der Waals surface area contributed by atoms with Crippen LogP contribution >= 0.6 is 0 Å². The Morgan fingerprint density at radius 1 is 1.06 bits per heavy atom. The lowest BCUT2D eigenvalue weighted by Gasteiger charge is -2.19. The Hall–Kier alpha value is -1.38. The van der Waals surface area contributed by atoms with Crippen molar-refractivity contribution in [2.45, 2.75) is 19.9 Å². The molecule has 2 aromatic carbocycles. The molecule has 0 saturated carbocycles. The van der Waals surface area contributed by atoms with Crippen LogP contribution in [-0.2, 0) is 0 Å². The van der Waals surface area contributed by atoms with Gasteiger partial charge in [-0.05, 0) is 34.9 Å². The average Bonchev–Trinajstić information content (AvgIpc) is 2.39. The van der Waals surface area contributed by atoms with Crippen LogP contribution in [0.15, 0.2) is 42.5 Å². The second-order valence-electron chi connectivity index (χ2n) is 5.20. The Morgan fingerprint density at radius 2 is 1.78 bits per heavy atom. The molecule has 0 fully saturated rings. The monoisotopic (exact) mass is 242 g/mol. The Labute approximate surface area is 109 Å². The lowest BCUT2D eigenvalue weighted by Crippen LogP contribution is -2.30. The van der Waals surface area contributed by atoms with E-state index in [9.17, 15) is 0 Å². The highest BCUT2D eigenvalue weighted by atomic mass is 14.9. The van der Waals surface area contributed by atoms with Crippen LogP contribution in [0.25, 0.3) is 10.8 Å². The van der Waals surface area contributed by atoms with Gasteiger partial charge in [0.2, 0.25) is 0 Å². The predicted octanol–water partition coefficient (Wildman–Crippen LogP) is 3.09. The van der Waals surface area contributed by atoms with Gasteiger partial charge in [0.05, 0.1) is 0 Å². The lowest BCUT2D eigenvalue weighted by molar-refractivity contribution is 0.479. The van der Waals surface area contributed by atoms with E-state index in [0.717, 1.165) is 6.54 Å². The minimum atomic E-state index is 0.247. The van der Waals surface area contributed by atoms with Gasteiger partial charge in [0.1, 0.15) is 0 Å². The van der Waals surface area contributed by atoms with Gasteiger partial charge in [0, 0.05) is 12.6 Å². The highest BCUT2D eigenvalue weighted by Gasteiger charge is 2.09. The van der Waals surface area contributed by atoms with Gasteiger partial charge in [-0.3, -0.25) is 0 Å². The van der Waals surface area contributed by atoms with Crippen LogP contribution in [0.3, 0.4) is 0 Å². The Bertz CT molecular complexity index is 505. The maximum atomic E-state index is 5.87. The van der Waals surface area contributed by atoms with E-state index in [1.807, 2.05) is 0 Å². The molecule has 0 bridgehead atoms. The zero-order valence-electron chi connectivity index (χ0n) is 11.2. The molecule has 2 rings (SSSR count). The highest BCUT2D eigenvalue weighted by molar-refractivity contribution is 5.83. The first-order valence-corrected chi connectivity index (χ1v) is 6.63. The maximum Gasteiger partial charge on any atom is 0.0444 e. The summed E-state index contributed by atoms with van der Waals surface area (Å²) in [6.45, 7) is 6.04. The van der Waals surface area contributed by atoms with E-state index in [2.05, 4.69) is 61.6 Å². The number of fused-ring (bicyclic) bond motifs is 1. The number of nitrogens with two attached hydrogens (primary N) is 1. The largest absolute Gasteiger partial charge is 0.329 e. The number of hydrogen-bond donors (Lipinski definition) is 2. The molecule has 3 N–H and O–H groups in total. The van der Waals surface area contributed by atoms with Crippen LogP contribution in [0.1, 0.15) is 25.5 Å². The minimum absolute atomic E-state index is 0.247. The topological polar surface area (TPSA) is 38.0 Å². The molecular weight excluding hydrogens is 220 g/mol. The van der Waals surface area contributed by atoms with E-state index in [1.165, 1.54) is 16.3 Å². The summed E-state index contributed by atoms with van der Waals surface area (Å²) in [5.74, 6) is 0.638. The minimum Gasteiger partial charge on any atom is -0.329 e. The molecule has 0 aromatic heterocycles. The quantitative estimate of drug-likeness (QED) is 0.845. The molecule has 0 amide bonds. The van der Waals surface area contributed by atoms with Crippen molar-refractivity contribution in [3.63, 3.8) is 0 Å². The third-order valence-corrected chi connectivity index (χ3v) is 3.18. The Kier molecular flexibility index (Phi) is 4.34. The first kappa shape index (κ1) is 13.1. The highest BCUT2D eigenvalue weighted by Crippen LogP contribution is 2.20. The average molecular weight is 242 g/mol. The van der Waals surface area contributed by atoms with Crippen molar-refractivity contribution in [3.8, 4) is 0 Å². The van der Waals surface area contributed by atoms with E-state index in [-0.39, 0.29) is 6.04 Å². The molecule has 96 valence electrons. The fraction of sp³-hybridized carbons (Fsp3) is 0.375. The number of benzene rings is 2. The van der Waals surface area contributed by atoms with E-state index in [4.69, 9.17) is 5.73 Å². The second-order valence-corrected chi connectivity index (χ2v) is 5.20. The molecule has 1 atom stereocenters. The first-order chi connectivity index (χ1) is 8.70. The fourth-order valence-corrected chi connectivity index (χ4v) is 2.14. The summed E-state index contributed by atoms with van der Waals surface area (Å²) < 4.78 is 0. The molecule has 0 aliphatic heterocycles. The molecular formula is C16H22N2. The van der Waals surface area contributed by atoms with Crippen LogP contribution in [0.5, 0.6) is 0 Å². The Balaban J connectivity index is 2.22. The second kappa shape index (κ2) is 5.98. The Morgan fingerprint density at radius 3 is 2.44 bits per heavy atom. The first-order valence-electron chi connectivity index (χ1n) is 6.63. The van der Waals surface area contributed by atoms with Gasteiger partial charge in [0.25, 0.3) is 0 Å². The molecule has 2 heteroatoms. The molecule has 1 unspecified atom stereocenters. The van der Waals surface area contributed by atoms with E-state index >= 15 is 0 Å². The van der Waals surface area contributed by atoms with Crippen molar-refractivity contribution in [2.75, 3.05) is 13.1 Å². The smallest absolute Gasteiger partial charge is 0.0444 e. The summed E-state index contributed by atoms with van der Waals surface area (Å²) in [6, 6.07) is 15.3. The molecule has 0 radical (unpaired) electrons. The molecule has 18 heavy (non-hydrogen) atoms. The van der Waals surface area contributed by atoms with Crippen LogP contribution in [0.2, 0.25) is 0 Å². The van der Waals surface area contributed by atoms with Crippen molar-refractivity contribution >= 4 is 10.8 Å². The van der Waals surface area contributed by atoms with Gasteiger partial charge in [-0.2, -0.15) is 0 Å². The van der Waals surface area contributed by atoms with Crippen LogP contribution in [-0.4, -0.2) is 13.1 Å². The normalized spacial score (nSPS) is 13.1. The maximum absolute atomic E-state index is 5.87. The van der Waals surface area contributed by atoms with E-state index < -0.39 is 0 Å². The predicted molar refractivity (Wildman–Crippen MR) is 78.6 cm³/mol. The van der Waals surface area contributed by atoms with Crippen LogP contribution in [0.4, 0.5) is 0 Å². The summed E-state index contributed by atoms with van der Waals surface area (Å²) >= 11 is 0. The molecule has 2 nitrogen and oxygen atoms in total. The molecule has 0 spiro atoms. The summed E-state index contributed by atoms with van der Waals surface area (Å²) in [5.41, 5.74) is 7.15. The van der Waals surface area contributed by atoms with Gasteiger partial charge in [-0.25, -0.2) is 0 Å². The van der Waals surface area contributed by atoms with Crippen LogP contribution in [0, 0.1) is 5.92 Å². The van der Waals surface area contributed by atoms with Crippen molar-refractivity contribution < 1.29 is 0 Å². The van der Waals surface area contributed by atoms with Crippen molar-refractivity contribution in [3.05, 3.63) is 48.0 Å². The standard InChI is InChI=1S/C16H22N2/c1-12(2)11-18-16(10-17)15-8-7-13-5-3-4-6-14(13)9-15/h3-9,12,16,18H,10-11,17H2,1-2H3. The van der Waals surface area contributed by atoms with Crippen molar-refractivity contribution in [1.29, 1.82) is 0 Å². The zero-order chi connectivity index (χ0) is 13.0. The zero-order valence-corrected chi connectivity index (χ0v) is 11.2. The van der Waals surface area contributed by atoms with E-state index in [1.54, 1.807) is 0 Å². The molecule has 0 aliphatic carbocycles. The summed E-state index contributed by atoms with van der Waals surface area (Å²) in [6.07, 6.45) is 0. The third-order valence-electron chi connectivity index (χ3n) is 3.18. The molecule has 0 heterocycles. The molecule has 0 saturated heterocycles. The molecule has 0 aliphatic rings. The number of nitrogens with one attached hydrogen (secondary N) is 1. The summed E-state index contributed by atoms with van der Waals surface area (Å²) in [7, 11) is 0. The number of hydrogen-bond acceptors (Lipinski definition) is 2. The summed E-state index contributed by atoms with van der Waals surface area (Å²) in [4.78, 5) is 0. The van der Waals surface area contributed by atoms with E-state index in [0.29, 0.717) is 12.5 Å². The van der Waals surface area contributed by atoms with Crippen molar-refractivity contribution in [1.82, 2.24) is 5.32 Å². The summed E-state index contributed by atoms with van der Waals surface area (Å²) in [5, 5.41) is 6.08. The van der Waals surface area contributed by atoms with Crippen LogP contribution < -0.4 is 11.1 Å². The van der Waals surface area contributed by atoms with Crippen molar-refractivity contribution in [2.24, 2.45) is 11.7 Å². The van der Waals surface area contributed by atoms with Gasteiger partial charge in [0.15, 0.2) is 0 Å². The van der Waals surface area contributed by atoms with Gasteiger partial charge in [-0.15, -0.1) is 0 Å². The fourth-order valence-electron chi connectivity index (χ4n) is 2.14. The van der Waals surface area contributed by atoms with Gasteiger partial charge in [-0.1, -0.05) is 50.2 Å².